The molecular weight excluding hydrogens is 460 g/mol. The molecule has 0 radical (unpaired) electrons. The monoisotopic (exact) mass is 496 g/mol. The number of ketones is 1. The minimum Gasteiger partial charge on any atom is -0.486 e. The van der Waals surface area contributed by atoms with Crippen LogP contribution in [-0.2, 0) is 4.79 Å². The van der Waals surface area contributed by atoms with Gasteiger partial charge in [0.1, 0.15) is 11.9 Å². The lowest BCUT2D eigenvalue weighted by Gasteiger charge is -2.33. The van der Waals surface area contributed by atoms with Gasteiger partial charge in [-0.25, -0.2) is 0 Å². The number of likely N-dealkylation sites (tertiary alicyclic amines) is 1. The Kier molecular flexibility index (Phi) is 8.00. The quantitative estimate of drug-likeness (QED) is 0.320. The van der Waals surface area contributed by atoms with Crippen LogP contribution in [0, 0.1) is 5.92 Å². The van der Waals surface area contributed by atoms with Gasteiger partial charge < -0.3 is 15.0 Å². The maximum Gasteiger partial charge on any atom is 0.227 e. The van der Waals surface area contributed by atoms with Gasteiger partial charge >= 0.3 is 0 Å². The summed E-state index contributed by atoms with van der Waals surface area (Å²) in [6, 6.07) is 26.2. The highest BCUT2D eigenvalue weighted by molar-refractivity contribution is 5.94. The maximum atomic E-state index is 12.2. The average Bonchev–Trinajstić information content (AvgIpc) is 3.78. The van der Waals surface area contributed by atoms with Crippen molar-refractivity contribution in [3.05, 3.63) is 95.6 Å². The van der Waals surface area contributed by atoms with E-state index in [1.807, 2.05) is 48.5 Å². The number of nitrogens with one attached hydrogen (secondary N) is 1. The molecule has 1 amide bonds. The second kappa shape index (κ2) is 11.7. The van der Waals surface area contributed by atoms with Crippen LogP contribution in [0.5, 0.6) is 5.75 Å². The van der Waals surface area contributed by atoms with E-state index in [0.29, 0.717) is 11.5 Å². The summed E-state index contributed by atoms with van der Waals surface area (Å²) in [5, 5.41) is 3.09. The summed E-state index contributed by atoms with van der Waals surface area (Å²) in [4.78, 5) is 26.5. The maximum absolute atomic E-state index is 12.2. The minimum absolute atomic E-state index is 0.0420. The van der Waals surface area contributed by atoms with Crippen molar-refractivity contribution in [2.24, 2.45) is 5.92 Å². The molecule has 0 bridgehead atoms. The standard InChI is InChI=1S/C32H36N2O3/c1-23(35)27-9-6-12-30(22-27)37-31(25-7-3-2-4-8-25)17-20-34-18-15-24(16-19-34)28-10-5-11-29(21-28)33-32(36)26-13-14-26/h2-12,21-22,24,26,31H,13-20H2,1H3,(H,33,36). The molecular formula is C32H36N2O3. The van der Waals surface area contributed by atoms with Crippen molar-refractivity contribution in [3.8, 4) is 5.75 Å². The smallest absolute Gasteiger partial charge is 0.227 e. The van der Waals surface area contributed by atoms with Gasteiger partial charge in [-0.3, -0.25) is 9.59 Å². The largest absolute Gasteiger partial charge is 0.486 e. The number of carbonyl (C=O) groups is 2. The Morgan fingerprint density at radius 3 is 2.41 bits per heavy atom. The Hall–Kier alpha value is -3.44. The molecule has 5 nitrogen and oxygen atoms in total. The molecule has 5 heteroatoms. The number of piperidine rings is 1. The van der Waals surface area contributed by atoms with Crippen LogP contribution in [0.15, 0.2) is 78.9 Å². The predicted molar refractivity (Wildman–Crippen MR) is 147 cm³/mol. The highest BCUT2D eigenvalue weighted by atomic mass is 16.5. The number of hydrogen-bond acceptors (Lipinski definition) is 4. The number of ether oxygens (including phenoxy) is 1. The number of carbonyl (C=O) groups excluding carboxylic acids is 2. The summed E-state index contributed by atoms with van der Waals surface area (Å²) < 4.78 is 6.43. The van der Waals surface area contributed by atoms with Crippen molar-refractivity contribution in [2.75, 3.05) is 25.0 Å². The summed E-state index contributed by atoms with van der Waals surface area (Å²) in [5.41, 5.74) is 4.07. The third-order valence-corrected chi connectivity index (χ3v) is 7.56. The molecule has 1 saturated heterocycles. The Labute approximate surface area is 219 Å². The highest BCUT2D eigenvalue weighted by Gasteiger charge is 2.29. The van der Waals surface area contributed by atoms with Gasteiger partial charge in [0.05, 0.1) is 0 Å². The van der Waals surface area contributed by atoms with Crippen molar-refractivity contribution in [3.63, 3.8) is 0 Å². The van der Waals surface area contributed by atoms with Crippen LogP contribution in [0.2, 0.25) is 0 Å². The zero-order chi connectivity index (χ0) is 25.6. The van der Waals surface area contributed by atoms with E-state index >= 15 is 0 Å². The number of amides is 1. The first-order valence-electron chi connectivity index (χ1n) is 13.5. The molecule has 5 rings (SSSR count). The number of nitrogens with zero attached hydrogens (tertiary/aromatic N) is 1. The molecule has 1 saturated carbocycles. The third kappa shape index (κ3) is 6.86. The molecule has 2 fully saturated rings. The minimum atomic E-state index is -0.0760. The number of anilines is 1. The predicted octanol–water partition coefficient (Wildman–Crippen LogP) is 6.63. The van der Waals surface area contributed by atoms with E-state index in [-0.39, 0.29) is 23.7 Å². The fourth-order valence-corrected chi connectivity index (χ4v) is 5.16. The molecule has 192 valence electrons. The van der Waals surface area contributed by atoms with Gasteiger partial charge in [-0.05, 0) is 87.0 Å². The second-order valence-electron chi connectivity index (χ2n) is 10.4. The lowest BCUT2D eigenvalue weighted by molar-refractivity contribution is -0.117. The van der Waals surface area contributed by atoms with E-state index in [0.717, 1.165) is 68.7 Å². The number of benzene rings is 3. The molecule has 37 heavy (non-hydrogen) atoms. The molecule has 0 aromatic heterocycles. The Balaban J connectivity index is 1.17. The summed E-state index contributed by atoms with van der Waals surface area (Å²) in [6.07, 6.45) is 5.06. The van der Waals surface area contributed by atoms with Crippen molar-refractivity contribution >= 4 is 17.4 Å². The Morgan fingerprint density at radius 2 is 1.68 bits per heavy atom. The summed E-state index contributed by atoms with van der Waals surface area (Å²) in [7, 11) is 0. The molecule has 1 atom stereocenters. The molecule has 1 aliphatic carbocycles. The van der Waals surface area contributed by atoms with E-state index in [9.17, 15) is 9.59 Å². The fraction of sp³-hybridized carbons (Fsp3) is 0.375. The molecule has 2 aliphatic rings. The van der Waals surface area contributed by atoms with Crippen LogP contribution in [0.4, 0.5) is 5.69 Å². The lowest BCUT2D eigenvalue weighted by Crippen LogP contribution is -2.34. The summed E-state index contributed by atoms with van der Waals surface area (Å²) in [6.45, 7) is 4.63. The van der Waals surface area contributed by atoms with Gasteiger partial charge in [-0.1, -0.05) is 54.6 Å². The van der Waals surface area contributed by atoms with Gasteiger partial charge in [0.15, 0.2) is 5.78 Å². The van der Waals surface area contributed by atoms with E-state index in [4.69, 9.17) is 4.74 Å². The normalized spacial score (nSPS) is 17.2. The van der Waals surface area contributed by atoms with E-state index < -0.39 is 0 Å². The average molecular weight is 497 g/mol. The third-order valence-electron chi connectivity index (χ3n) is 7.56. The van der Waals surface area contributed by atoms with E-state index in [2.05, 4.69) is 40.5 Å². The lowest BCUT2D eigenvalue weighted by atomic mass is 9.89. The summed E-state index contributed by atoms with van der Waals surface area (Å²) in [5.74, 6) is 1.67. The van der Waals surface area contributed by atoms with Crippen LogP contribution >= 0.6 is 0 Å². The van der Waals surface area contributed by atoms with Gasteiger partial charge in [0.25, 0.3) is 0 Å². The van der Waals surface area contributed by atoms with Crippen molar-refractivity contribution < 1.29 is 14.3 Å². The first kappa shape index (κ1) is 25.2. The van der Waals surface area contributed by atoms with E-state index in [1.165, 1.54) is 5.56 Å². The van der Waals surface area contributed by atoms with Gasteiger partial charge in [0, 0.05) is 30.1 Å². The number of rotatable bonds is 10. The molecule has 1 aliphatic heterocycles. The topological polar surface area (TPSA) is 58.6 Å². The van der Waals surface area contributed by atoms with Crippen molar-refractivity contribution in [1.82, 2.24) is 4.90 Å². The van der Waals surface area contributed by atoms with Crippen LogP contribution < -0.4 is 10.1 Å². The molecule has 1 unspecified atom stereocenters. The zero-order valence-corrected chi connectivity index (χ0v) is 21.6. The van der Waals surface area contributed by atoms with Crippen molar-refractivity contribution in [1.29, 1.82) is 0 Å². The Morgan fingerprint density at radius 1 is 0.919 bits per heavy atom. The molecule has 0 spiro atoms. The highest BCUT2D eigenvalue weighted by Crippen LogP contribution is 2.33. The summed E-state index contributed by atoms with van der Waals surface area (Å²) >= 11 is 0. The van der Waals surface area contributed by atoms with Crippen LogP contribution in [-0.4, -0.2) is 36.2 Å². The fourth-order valence-electron chi connectivity index (χ4n) is 5.16. The molecule has 3 aromatic carbocycles. The molecule has 1 N–H and O–H groups in total. The molecule has 1 heterocycles. The molecule has 3 aromatic rings. The zero-order valence-electron chi connectivity index (χ0n) is 21.6. The van der Waals surface area contributed by atoms with Gasteiger partial charge in [0.2, 0.25) is 5.91 Å². The van der Waals surface area contributed by atoms with E-state index in [1.54, 1.807) is 6.92 Å². The van der Waals surface area contributed by atoms with Crippen LogP contribution in [0.3, 0.4) is 0 Å². The first-order valence-corrected chi connectivity index (χ1v) is 13.5. The second-order valence-corrected chi connectivity index (χ2v) is 10.4. The number of hydrogen-bond donors (Lipinski definition) is 1. The van der Waals surface area contributed by atoms with Crippen LogP contribution in [0.25, 0.3) is 0 Å². The van der Waals surface area contributed by atoms with Crippen molar-refractivity contribution in [2.45, 2.75) is 51.0 Å². The Bertz CT molecular complexity index is 1210. The van der Waals surface area contributed by atoms with Gasteiger partial charge in [-0.15, -0.1) is 0 Å². The van der Waals surface area contributed by atoms with Gasteiger partial charge in [-0.2, -0.15) is 0 Å². The number of Topliss-reactive ketones (excluding diaryl/α,β-unsaturated/α-hetero) is 1. The first-order chi connectivity index (χ1) is 18.0. The van der Waals surface area contributed by atoms with Crippen LogP contribution in [0.1, 0.15) is 72.5 Å². The SMILES string of the molecule is CC(=O)c1cccc(OC(CCN2CCC(c3cccc(NC(=O)C4CC4)c3)CC2)c2ccccc2)c1.